The normalized spacial score (nSPS) is 16.6. The van der Waals surface area contributed by atoms with E-state index in [0.717, 1.165) is 0 Å². The maximum atomic E-state index is 13.3. The average molecular weight is 194 g/mol. The smallest absolute Gasteiger partial charge is 0.165 e. The third-order valence-electron chi connectivity index (χ3n) is 2.22. The summed E-state index contributed by atoms with van der Waals surface area (Å²) in [7, 11) is 0. The van der Waals surface area contributed by atoms with Crippen molar-refractivity contribution in [2.45, 2.75) is 6.42 Å². The maximum Gasteiger partial charge on any atom is 0.165 e. The molecule has 0 saturated carbocycles. The number of aliphatic hydroxyl groups excluding tert-OH is 1. The van der Waals surface area contributed by atoms with Gasteiger partial charge in [-0.05, 0) is 18.2 Å². The molecule has 0 fully saturated rings. The van der Waals surface area contributed by atoms with Gasteiger partial charge in [-0.15, -0.1) is 0 Å². The Morgan fingerprint density at radius 1 is 1.50 bits per heavy atom. The first-order valence-electron chi connectivity index (χ1n) is 4.51. The highest BCUT2D eigenvalue weighted by molar-refractivity contribution is 5.41. The fourth-order valence-corrected chi connectivity index (χ4v) is 1.46. The number of hydrogen-bond acceptors (Lipinski definition) is 3. The minimum absolute atomic E-state index is 0.317. The van der Waals surface area contributed by atoms with Crippen molar-refractivity contribution in [3.8, 4) is 0 Å². The summed E-state index contributed by atoms with van der Waals surface area (Å²) in [5.74, 6) is 0.413. The van der Waals surface area contributed by atoms with Gasteiger partial charge in [0.25, 0.3) is 0 Å². The molecule has 2 rings (SSSR count). The lowest BCUT2D eigenvalue weighted by molar-refractivity contribution is 0.379. The summed E-state index contributed by atoms with van der Waals surface area (Å²) < 4.78 is 13.3. The van der Waals surface area contributed by atoms with Gasteiger partial charge < -0.3 is 10.0 Å². The van der Waals surface area contributed by atoms with Crippen LogP contribution in [0.4, 0.5) is 10.2 Å². The van der Waals surface area contributed by atoms with Crippen molar-refractivity contribution in [3.63, 3.8) is 0 Å². The van der Waals surface area contributed by atoms with Crippen LogP contribution in [0.2, 0.25) is 0 Å². The fourth-order valence-electron chi connectivity index (χ4n) is 1.46. The second-order valence-corrected chi connectivity index (χ2v) is 3.20. The molecule has 0 unspecified atom stereocenters. The molecule has 0 saturated heterocycles. The van der Waals surface area contributed by atoms with Crippen molar-refractivity contribution in [2.75, 3.05) is 18.0 Å². The number of aromatic nitrogens is 1. The van der Waals surface area contributed by atoms with E-state index >= 15 is 0 Å². The molecule has 1 aromatic heterocycles. The van der Waals surface area contributed by atoms with Gasteiger partial charge in [0.2, 0.25) is 0 Å². The second-order valence-electron chi connectivity index (χ2n) is 3.20. The summed E-state index contributed by atoms with van der Waals surface area (Å²) in [4.78, 5) is 5.77. The van der Waals surface area contributed by atoms with Gasteiger partial charge in [-0.2, -0.15) is 0 Å². The Hall–Kier alpha value is -1.58. The Morgan fingerprint density at radius 2 is 2.36 bits per heavy atom. The van der Waals surface area contributed by atoms with E-state index in [9.17, 15) is 4.39 Å². The minimum atomic E-state index is -0.317. The van der Waals surface area contributed by atoms with E-state index < -0.39 is 0 Å². The molecule has 74 valence electrons. The number of hydrogen-bond donors (Lipinski definition) is 1. The minimum Gasteiger partial charge on any atom is -0.513 e. The summed E-state index contributed by atoms with van der Waals surface area (Å²) >= 11 is 0. The molecule has 1 aliphatic heterocycles. The van der Waals surface area contributed by atoms with Gasteiger partial charge in [-0.3, -0.25) is 0 Å². The molecular weight excluding hydrogens is 183 g/mol. The molecule has 0 aliphatic carbocycles. The van der Waals surface area contributed by atoms with Gasteiger partial charge in [0, 0.05) is 25.7 Å². The number of pyridine rings is 1. The number of aliphatic hydroxyl groups is 1. The highest BCUT2D eigenvalue weighted by Gasteiger charge is 2.15. The lowest BCUT2D eigenvalue weighted by Crippen LogP contribution is -2.30. The maximum absolute atomic E-state index is 13.3. The van der Waals surface area contributed by atoms with Gasteiger partial charge in [0.05, 0.1) is 5.76 Å². The zero-order valence-corrected chi connectivity index (χ0v) is 7.65. The van der Waals surface area contributed by atoms with Crippen molar-refractivity contribution in [3.05, 3.63) is 36.0 Å². The Bertz CT molecular complexity index is 365. The molecule has 0 bridgehead atoms. The van der Waals surface area contributed by atoms with E-state index in [1.54, 1.807) is 23.2 Å². The molecule has 0 aromatic carbocycles. The molecule has 14 heavy (non-hydrogen) atoms. The zero-order valence-electron chi connectivity index (χ0n) is 7.65. The zero-order chi connectivity index (χ0) is 9.97. The lowest BCUT2D eigenvalue weighted by atomic mass is 10.2. The largest absolute Gasteiger partial charge is 0.513 e. The van der Waals surface area contributed by atoms with Crippen LogP contribution in [0.1, 0.15) is 6.42 Å². The molecule has 0 spiro atoms. The van der Waals surface area contributed by atoms with E-state index in [1.807, 2.05) is 0 Å². The lowest BCUT2D eigenvalue weighted by Gasteiger charge is -2.25. The van der Waals surface area contributed by atoms with Gasteiger partial charge in [0.1, 0.15) is 0 Å². The third-order valence-corrected chi connectivity index (χ3v) is 2.22. The number of halogens is 1. The Balaban J connectivity index is 2.21. The van der Waals surface area contributed by atoms with E-state index in [2.05, 4.69) is 4.98 Å². The van der Waals surface area contributed by atoms with Gasteiger partial charge in [-0.1, -0.05) is 0 Å². The van der Waals surface area contributed by atoms with Crippen LogP contribution in [0.25, 0.3) is 0 Å². The van der Waals surface area contributed by atoms with Gasteiger partial charge in [0.15, 0.2) is 11.6 Å². The fraction of sp³-hybridized carbons (Fsp3) is 0.300. The third kappa shape index (κ3) is 1.69. The molecule has 1 N–H and O–H groups in total. The average Bonchev–Trinajstić information content (AvgIpc) is 2.20. The Kier molecular flexibility index (Phi) is 2.35. The number of nitrogens with zero attached hydrogens (tertiary/aromatic N) is 2. The van der Waals surface area contributed by atoms with Crippen LogP contribution in [-0.4, -0.2) is 23.2 Å². The van der Waals surface area contributed by atoms with Crippen molar-refractivity contribution in [2.24, 2.45) is 0 Å². The SMILES string of the molecule is OC1=CCN(c2ncccc2F)CC1. The molecule has 0 amide bonds. The summed E-state index contributed by atoms with van der Waals surface area (Å²) in [6.45, 7) is 1.12. The predicted molar refractivity (Wildman–Crippen MR) is 51.7 cm³/mol. The summed E-state index contributed by atoms with van der Waals surface area (Å²) in [6, 6.07) is 2.95. The van der Waals surface area contributed by atoms with Crippen LogP contribution >= 0.6 is 0 Å². The first-order valence-corrected chi connectivity index (χ1v) is 4.51. The van der Waals surface area contributed by atoms with Crippen LogP contribution in [-0.2, 0) is 0 Å². The molecule has 1 aromatic rings. The van der Waals surface area contributed by atoms with Crippen LogP contribution in [0, 0.1) is 5.82 Å². The summed E-state index contributed by atoms with van der Waals surface area (Å²) in [5.41, 5.74) is 0. The van der Waals surface area contributed by atoms with Crippen molar-refractivity contribution in [1.82, 2.24) is 4.98 Å². The number of anilines is 1. The standard InChI is InChI=1S/C10H11FN2O/c11-9-2-1-5-12-10(9)13-6-3-8(14)4-7-13/h1-3,5,14H,4,6-7H2. The van der Waals surface area contributed by atoms with Gasteiger partial charge in [-0.25, -0.2) is 9.37 Å². The summed E-state index contributed by atoms with van der Waals surface area (Å²) in [6.07, 6.45) is 3.80. The molecule has 3 nitrogen and oxygen atoms in total. The van der Waals surface area contributed by atoms with Crippen LogP contribution in [0.5, 0.6) is 0 Å². The van der Waals surface area contributed by atoms with Gasteiger partial charge >= 0.3 is 0 Å². The van der Waals surface area contributed by atoms with Crippen molar-refractivity contribution >= 4 is 5.82 Å². The molecule has 4 heteroatoms. The van der Waals surface area contributed by atoms with Crippen LogP contribution in [0.15, 0.2) is 30.2 Å². The van der Waals surface area contributed by atoms with Crippen LogP contribution < -0.4 is 4.90 Å². The topological polar surface area (TPSA) is 36.4 Å². The Morgan fingerprint density at radius 3 is 3.00 bits per heavy atom. The van der Waals surface area contributed by atoms with E-state index in [1.165, 1.54) is 6.07 Å². The van der Waals surface area contributed by atoms with Crippen molar-refractivity contribution < 1.29 is 9.50 Å². The first-order chi connectivity index (χ1) is 6.77. The molecule has 0 atom stereocenters. The van der Waals surface area contributed by atoms with Crippen molar-refractivity contribution in [1.29, 1.82) is 0 Å². The highest BCUT2D eigenvalue weighted by Crippen LogP contribution is 2.18. The monoisotopic (exact) mass is 194 g/mol. The molecule has 1 aliphatic rings. The second kappa shape index (κ2) is 3.65. The first kappa shape index (κ1) is 8.99. The Labute approximate surface area is 81.5 Å². The predicted octanol–water partition coefficient (Wildman–Crippen LogP) is 1.87. The molecule has 0 radical (unpaired) electrons. The molecular formula is C10H11FN2O. The number of rotatable bonds is 1. The van der Waals surface area contributed by atoms with E-state index in [0.29, 0.717) is 31.1 Å². The van der Waals surface area contributed by atoms with Crippen LogP contribution in [0.3, 0.4) is 0 Å². The molecule has 2 heterocycles. The quantitative estimate of drug-likeness (QED) is 0.741. The van der Waals surface area contributed by atoms with E-state index in [4.69, 9.17) is 5.11 Å². The van der Waals surface area contributed by atoms with E-state index in [-0.39, 0.29) is 5.82 Å². The summed E-state index contributed by atoms with van der Waals surface area (Å²) in [5, 5.41) is 9.16. The highest BCUT2D eigenvalue weighted by atomic mass is 19.1.